The zero-order chi connectivity index (χ0) is 13.1. The maximum atomic E-state index is 9.30. The van der Waals surface area contributed by atoms with E-state index in [1.165, 1.54) is 0 Å². The van der Waals surface area contributed by atoms with E-state index in [1.54, 1.807) is 0 Å². The Labute approximate surface area is 107 Å². The maximum absolute atomic E-state index is 9.30. The van der Waals surface area contributed by atoms with Gasteiger partial charge in [-0.1, -0.05) is 6.92 Å². The van der Waals surface area contributed by atoms with E-state index in [9.17, 15) is 5.26 Å². The van der Waals surface area contributed by atoms with Gasteiger partial charge in [-0.2, -0.15) is 10.4 Å². The Kier molecular flexibility index (Phi) is 3.78. The Hall–Kier alpha value is -1.67. The lowest BCUT2D eigenvalue weighted by atomic mass is 10.1. The van der Waals surface area contributed by atoms with Gasteiger partial charge in [-0.3, -0.25) is 0 Å². The van der Waals surface area contributed by atoms with E-state index in [2.05, 4.69) is 28.1 Å². The average Bonchev–Trinajstić information content (AvgIpc) is 2.41. The summed E-state index contributed by atoms with van der Waals surface area (Å²) in [7, 11) is 0. The van der Waals surface area contributed by atoms with Gasteiger partial charge in [-0.15, -0.1) is 5.10 Å². The summed E-state index contributed by atoms with van der Waals surface area (Å²) < 4.78 is 5.63. The molecule has 2 rings (SSSR count). The van der Waals surface area contributed by atoms with Crippen molar-refractivity contribution in [3.63, 3.8) is 0 Å². The summed E-state index contributed by atoms with van der Waals surface area (Å²) in [5, 5.41) is 17.6. The third-order valence-corrected chi connectivity index (χ3v) is 3.44. The SMILES string of the molecule is CC[C@@H]1CN(c2nnc(C)c(C)c2C#N)CCO1. The summed E-state index contributed by atoms with van der Waals surface area (Å²) in [6.45, 7) is 8.12. The third kappa shape index (κ3) is 2.29. The largest absolute Gasteiger partial charge is 0.375 e. The summed E-state index contributed by atoms with van der Waals surface area (Å²) >= 11 is 0. The van der Waals surface area contributed by atoms with Crippen LogP contribution in [0.15, 0.2) is 0 Å². The second kappa shape index (κ2) is 5.32. The van der Waals surface area contributed by atoms with E-state index in [4.69, 9.17) is 4.74 Å². The number of anilines is 1. The highest BCUT2D eigenvalue weighted by atomic mass is 16.5. The van der Waals surface area contributed by atoms with Gasteiger partial charge in [0.05, 0.1) is 18.4 Å². The van der Waals surface area contributed by atoms with Crippen LogP contribution in [0.25, 0.3) is 0 Å². The summed E-state index contributed by atoms with van der Waals surface area (Å²) in [6.07, 6.45) is 1.19. The maximum Gasteiger partial charge on any atom is 0.169 e. The van der Waals surface area contributed by atoms with Crippen molar-refractivity contribution in [3.8, 4) is 6.07 Å². The zero-order valence-corrected chi connectivity index (χ0v) is 11.1. The molecule has 0 unspecified atom stereocenters. The first kappa shape index (κ1) is 12.8. The quantitative estimate of drug-likeness (QED) is 0.792. The van der Waals surface area contributed by atoms with Crippen molar-refractivity contribution >= 4 is 5.82 Å². The highest BCUT2D eigenvalue weighted by Crippen LogP contribution is 2.23. The fraction of sp³-hybridized carbons (Fsp3) is 0.615. The van der Waals surface area contributed by atoms with Gasteiger partial charge in [0.1, 0.15) is 11.6 Å². The van der Waals surface area contributed by atoms with Gasteiger partial charge in [-0.25, -0.2) is 0 Å². The highest BCUT2D eigenvalue weighted by molar-refractivity contribution is 5.57. The Morgan fingerprint density at radius 1 is 1.44 bits per heavy atom. The molecule has 1 aliphatic rings. The van der Waals surface area contributed by atoms with Crippen molar-refractivity contribution in [2.75, 3.05) is 24.6 Å². The second-order valence-corrected chi connectivity index (χ2v) is 4.57. The summed E-state index contributed by atoms with van der Waals surface area (Å²) in [4.78, 5) is 2.11. The first-order chi connectivity index (χ1) is 8.67. The minimum atomic E-state index is 0.216. The van der Waals surface area contributed by atoms with E-state index in [0.717, 1.165) is 30.8 Å². The van der Waals surface area contributed by atoms with Crippen molar-refractivity contribution in [1.82, 2.24) is 10.2 Å². The van der Waals surface area contributed by atoms with Crippen molar-refractivity contribution in [3.05, 3.63) is 16.8 Å². The predicted octanol–water partition coefficient (Wildman–Crippen LogP) is 1.58. The average molecular weight is 246 g/mol. The summed E-state index contributed by atoms with van der Waals surface area (Å²) in [5.74, 6) is 0.697. The van der Waals surface area contributed by atoms with Crippen LogP contribution in [0.2, 0.25) is 0 Å². The third-order valence-electron chi connectivity index (χ3n) is 3.44. The molecule has 1 aliphatic heterocycles. The molecule has 0 saturated carbocycles. The number of nitriles is 1. The van der Waals surface area contributed by atoms with E-state index in [1.807, 2.05) is 13.8 Å². The fourth-order valence-corrected chi connectivity index (χ4v) is 2.11. The Balaban J connectivity index is 2.33. The molecule has 18 heavy (non-hydrogen) atoms. The molecular formula is C13H18N4O. The first-order valence-corrected chi connectivity index (χ1v) is 6.27. The van der Waals surface area contributed by atoms with Crippen LogP contribution in [-0.2, 0) is 4.74 Å². The molecule has 5 nitrogen and oxygen atoms in total. The standard InChI is InChI=1S/C13H18N4O/c1-4-11-8-17(5-6-18-11)13-12(7-14)9(2)10(3)15-16-13/h11H,4-6,8H2,1-3H3/t11-/m1/s1. The number of hydrogen-bond acceptors (Lipinski definition) is 5. The fourth-order valence-electron chi connectivity index (χ4n) is 2.11. The van der Waals surface area contributed by atoms with E-state index in [0.29, 0.717) is 18.0 Å². The van der Waals surface area contributed by atoms with Crippen LogP contribution >= 0.6 is 0 Å². The number of nitrogens with zero attached hydrogens (tertiary/aromatic N) is 4. The van der Waals surface area contributed by atoms with Gasteiger partial charge < -0.3 is 9.64 Å². The Bertz CT molecular complexity index is 481. The van der Waals surface area contributed by atoms with Gasteiger partial charge in [0.2, 0.25) is 0 Å². The van der Waals surface area contributed by atoms with Gasteiger partial charge in [0.15, 0.2) is 5.82 Å². The summed E-state index contributed by atoms with van der Waals surface area (Å²) in [5.41, 5.74) is 2.37. The molecule has 1 fully saturated rings. The molecular weight excluding hydrogens is 228 g/mol. The van der Waals surface area contributed by atoms with E-state index < -0.39 is 0 Å². The monoisotopic (exact) mass is 246 g/mol. The molecule has 0 amide bonds. The molecule has 0 radical (unpaired) electrons. The molecule has 1 atom stereocenters. The lowest BCUT2D eigenvalue weighted by molar-refractivity contribution is 0.0381. The van der Waals surface area contributed by atoms with Gasteiger partial charge in [-0.05, 0) is 25.8 Å². The number of aromatic nitrogens is 2. The molecule has 1 aromatic rings. The van der Waals surface area contributed by atoms with Crippen molar-refractivity contribution in [2.24, 2.45) is 0 Å². The topological polar surface area (TPSA) is 62.0 Å². The van der Waals surface area contributed by atoms with Crippen LogP contribution in [0.5, 0.6) is 0 Å². The predicted molar refractivity (Wildman–Crippen MR) is 68.5 cm³/mol. The molecule has 5 heteroatoms. The van der Waals surface area contributed by atoms with E-state index >= 15 is 0 Å². The molecule has 0 aliphatic carbocycles. The van der Waals surface area contributed by atoms with Crippen LogP contribution in [0.4, 0.5) is 5.82 Å². The molecule has 0 bridgehead atoms. The first-order valence-electron chi connectivity index (χ1n) is 6.27. The van der Waals surface area contributed by atoms with Crippen LogP contribution < -0.4 is 4.90 Å². The molecule has 1 aromatic heterocycles. The second-order valence-electron chi connectivity index (χ2n) is 4.57. The van der Waals surface area contributed by atoms with Gasteiger partial charge in [0.25, 0.3) is 0 Å². The normalized spacial score (nSPS) is 19.7. The Morgan fingerprint density at radius 2 is 2.22 bits per heavy atom. The highest BCUT2D eigenvalue weighted by Gasteiger charge is 2.23. The van der Waals surface area contributed by atoms with Gasteiger partial charge >= 0.3 is 0 Å². The van der Waals surface area contributed by atoms with Crippen LogP contribution in [0.1, 0.15) is 30.2 Å². The van der Waals surface area contributed by atoms with Gasteiger partial charge in [0, 0.05) is 13.1 Å². The number of aryl methyl sites for hydroxylation is 1. The molecule has 1 saturated heterocycles. The van der Waals surface area contributed by atoms with Crippen LogP contribution in [0.3, 0.4) is 0 Å². The zero-order valence-electron chi connectivity index (χ0n) is 11.1. The molecule has 0 spiro atoms. The van der Waals surface area contributed by atoms with Crippen LogP contribution in [-0.4, -0.2) is 36.0 Å². The lowest BCUT2D eigenvalue weighted by Crippen LogP contribution is -2.43. The number of ether oxygens (including phenoxy) is 1. The number of morpholine rings is 1. The molecule has 96 valence electrons. The molecule has 0 N–H and O–H groups in total. The van der Waals surface area contributed by atoms with Crippen molar-refractivity contribution in [1.29, 1.82) is 5.26 Å². The minimum absolute atomic E-state index is 0.216. The number of hydrogen-bond donors (Lipinski definition) is 0. The molecule has 2 heterocycles. The number of rotatable bonds is 2. The van der Waals surface area contributed by atoms with E-state index in [-0.39, 0.29) is 6.10 Å². The smallest absolute Gasteiger partial charge is 0.169 e. The Morgan fingerprint density at radius 3 is 2.89 bits per heavy atom. The van der Waals surface area contributed by atoms with Crippen LogP contribution in [0, 0.1) is 25.2 Å². The summed E-state index contributed by atoms with van der Waals surface area (Å²) in [6, 6.07) is 2.25. The molecule has 0 aromatic carbocycles. The lowest BCUT2D eigenvalue weighted by Gasteiger charge is -2.33. The van der Waals surface area contributed by atoms with Crippen molar-refractivity contribution in [2.45, 2.75) is 33.3 Å². The minimum Gasteiger partial charge on any atom is -0.375 e. The van der Waals surface area contributed by atoms with Crippen molar-refractivity contribution < 1.29 is 4.74 Å².